The molecule has 3 heterocycles. The van der Waals surface area contributed by atoms with E-state index in [0.717, 1.165) is 29.2 Å². The van der Waals surface area contributed by atoms with E-state index in [9.17, 15) is 4.79 Å². The fraction of sp³-hybridized carbons (Fsp3) is 0.474. The van der Waals surface area contributed by atoms with Crippen molar-refractivity contribution in [1.29, 1.82) is 0 Å². The molecule has 2 saturated heterocycles. The van der Waals surface area contributed by atoms with Gasteiger partial charge in [-0.15, -0.1) is 0 Å². The van der Waals surface area contributed by atoms with Crippen molar-refractivity contribution in [3.05, 3.63) is 41.7 Å². The lowest BCUT2D eigenvalue weighted by Gasteiger charge is -2.36. The second-order valence-corrected chi connectivity index (χ2v) is 7.03. The fourth-order valence-electron chi connectivity index (χ4n) is 4.30. The van der Waals surface area contributed by atoms with Gasteiger partial charge in [-0.3, -0.25) is 9.78 Å². The van der Waals surface area contributed by atoms with Crippen molar-refractivity contribution < 1.29 is 4.79 Å². The highest BCUT2D eigenvalue weighted by Crippen LogP contribution is 2.34. The Morgan fingerprint density at radius 1 is 1.17 bits per heavy atom. The molecule has 0 aliphatic carbocycles. The first-order chi connectivity index (χ1) is 11.1. The summed E-state index contributed by atoms with van der Waals surface area (Å²) in [6, 6.07) is 9.55. The SMILES string of the molecule is Cc1cnc(C(=O)NC2CC3CCC(C2)N3C)c2ccccc12. The monoisotopic (exact) mass is 309 g/mol. The number of nitrogens with zero attached hydrogens (tertiary/aromatic N) is 2. The molecule has 2 aromatic rings. The zero-order valence-electron chi connectivity index (χ0n) is 13.7. The number of rotatable bonds is 2. The van der Waals surface area contributed by atoms with Crippen molar-refractivity contribution in [2.24, 2.45) is 0 Å². The van der Waals surface area contributed by atoms with Crippen LogP contribution in [0.2, 0.25) is 0 Å². The molecule has 0 spiro atoms. The first-order valence-electron chi connectivity index (χ1n) is 8.50. The zero-order valence-corrected chi connectivity index (χ0v) is 13.7. The Kier molecular flexibility index (Phi) is 3.57. The molecular weight excluding hydrogens is 286 g/mol. The third kappa shape index (κ3) is 2.51. The van der Waals surface area contributed by atoms with E-state index in [2.05, 4.69) is 28.3 Å². The smallest absolute Gasteiger partial charge is 0.270 e. The van der Waals surface area contributed by atoms with Gasteiger partial charge in [-0.25, -0.2) is 0 Å². The summed E-state index contributed by atoms with van der Waals surface area (Å²) < 4.78 is 0. The number of aryl methyl sites for hydroxylation is 1. The van der Waals surface area contributed by atoms with Gasteiger partial charge in [0.1, 0.15) is 5.69 Å². The minimum atomic E-state index is -0.0323. The van der Waals surface area contributed by atoms with Gasteiger partial charge in [-0.1, -0.05) is 24.3 Å². The average molecular weight is 309 g/mol. The molecule has 1 aromatic carbocycles. The van der Waals surface area contributed by atoms with Crippen LogP contribution in [-0.4, -0.2) is 41.0 Å². The quantitative estimate of drug-likeness (QED) is 0.928. The second kappa shape index (κ2) is 5.60. The summed E-state index contributed by atoms with van der Waals surface area (Å²) in [7, 11) is 2.22. The number of amides is 1. The third-order valence-electron chi connectivity index (χ3n) is 5.64. The van der Waals surface area contributed by atoms with Gasteiger partial charge >= 0.3 is 0 Å². The highest BCUT2D eigenvalue weighted by Gasteiger charge is 2.39. The van der Waals surface area contributed by atoms with Crippen LogP contribution in [0.3, 0.4) is 0 Å². The maximum atomic E-state index is 12.8. The van der Waals surface area contributed by atoms with Gasteiger partial charge in [0.15, 0.2) is 0 Å². The van der Waals surface area contributed by atoms with Gasteiger partial charge in [0.25, 0.3) is 5.91 Å². The molecule has 0 saturated carbocycles. The number of pyridine rings is 1. The van der Waals surface area contributed by atoms with Gasteiger partial charge in [0.2, 0.25) is 0 Å². The summed E-state index contributed by atoms with van der Waals surface area (Å²) in [6.07, 6.45) is 6.44. The topological polar surface area (TPSA) is 45.2 Å². The minimum absolute atomic E-state index is 0.0323. The summed E-state index contributed by atoms with van der Waals surface area (Å²) in [5.74, 6) is -0.0323. The summed E-state index contributed by atoms with van der Waals surface area (Å²) in [6.45, 7) is 2.03. The molecule has 1 N–H and O–H groups in total. The predicted molar refractivity (Wildman–Crippen MR) is 91.5 cm³/mol. The summed E-state index contributed by atoms with van der Waals surface area (Å²) in [4.78, 5) is 19.7. The van der Waals surface area contributed by atoms with Crippen LogP contribution in [0.15, 0.2) is 30.5 Å². The number of benzene rings is 1. The highest BCUT2D eigenvalue weighted by molar-refractivity contribution is 6.06. The Bertz CT molecular complexity index is 743. The molecule has 1 aromatic heterocycles. The minimum Gasteiger partial charge on any atom is -0.348 e. The van der Waals surface area contributed by atoms with E-state index in [4.69, 9.17) is 0 Å². The van der Waals surface area contributed by atoms with Crippen molar-refractivity contribution >= 4 is 16.7 Å². The van der Waals surface area contributed by atoms with Crippen molar-refractivity contribution in [3.63, 3.8) is 0 Å². The lowest BCUT2D eigenvalue weighted by Crippen LogP contribution is -2.48. The Labute approximate surface area is 136 Å². The van der Waals surface area contributed by atoms with Gasteiger partial charge in [-0.2, -0.15) is 0 Å². The molecule has 2 aliphatic rings. The number of nitrogens with one attached hydrogen (secondary N) is 1. The predicted octanol–water partition coefficient (Wildman–Crippen LogP) is 2.90. The van der Waals surface area contributed by atoms with Crippen molar-refractivity contribution in [1.82, 2.24) is 15.2 Å². The second-order valence-electron chi connectivity index (χ2n) is 7.03. The van der Waals surface area contributed by atoms with Gasteiger partial charge in [-0.05, 0) is 50.6 Å². The number of carbonyl (C=O) groups excluding carboxylic acids is 1. The molecule has 2 bridgehead atoms. The molecule has 2 aliphatic heterocycles. The van der Waals surface area contributed by atoms with Crippen molar-refractivity contribution in [3.8, 4) is 0 Å². The van der Waals surface area contributed by atoms with Crippen molar-refractivity contribution in [2.45, 2.75) is 50.7 Å². The molecule has 23 heavy (non-hydrogen) atoms. The van der Waals surface area contributed by atoms with E-state index in [1.54, 1.807) is 6.20 Å². The third-order valence-corrected chi connectivity index (χ3v) is 5.64. The van der Waals surface area contributed by atoms with E-state index in [0.29, 0.717) is 17.8 Å². The van der Waals surface area contributed by atoms with E-state index < -0.39 is 0 Å². The van der Waals surface area contributed by atoms with Crippen LogP contribution < -0.4 is 5.32 Å². The van der Waals surface area contributed by atoms with E-state index >= 15 is 0 Å². The Balaban J connectivity index is 1.57. The fourth-order valence-corrected chi connectivity index (χ4v) is 4.30. The normalized spacial score (nSPS) is 27.3. The molecule has 2 fully saturated rings. The van der Waals surface area contributed by atoms with Crippen LogP contribution in [0, 0.1) is 6.92 Å². The van der Waals surface area contributed by atoms with Crippen LogP contribution in [0.5, 0.6) is 0 Å². The lowest BCUT2D eigenvalue weighted by molar-refractivity contribution is 0.0879. The Hall–Kier alpha value is -1.94. The molecule has 4 heteroatoms. The van der Waals surface area contributed by atoms with Crippen molar-refractivity contribution in [2.75, 3.05) is 7.05 Å². The number of piperidine rings is 1. The van der Waals surface area contributed by atoms with E-state index in [1.807, 2.05) is 25.1 Å². The standard InChI is InChI=1S/C19H23N3O/c1-12-11-20-18(17-6-4-3-5-16(12)17)19(23)21-13-9-14-7-8-15(10-13)22(14)2/h3-6,11,13-15H,7-10H2,1-2H3,(H,21,23). The molecule has 0 radical (unpaired) electrons. The van der Waals surface area contributed by atoms with Crippen LogP contribution in [0.4, 0.5) is 0 Å². The zero-order chi connectivity index (χ0) is 16.0. The molecule has 120 valence electrons. The number of carbonyl (C=O) groups is 1. The van der Waals surface area contributed by atoms with Gasteiger partial charge < -0.3 is 10.2 Å². The molecule has 2 atom stereocenters. The van der Waals surface area contributed by atoms with E-state index in [1.165, 1.54) is 12.8 Å². The van der Waals surface area contributed by atoms with Gasteiger partial charge in [0, 0.05) is 29.7 Å². The number of fused-ring (bicyclic) bond motifs is 3. The lowest BCUT2D eigenvalue weighted by atomic mass is 9.97. The summed E-state index contributed by atoms with van der Waals surface area (Å²) in [5, 5.41) is 5.29. The largest absolute Gasteiger partial charge is 0.348 e. The maximum Gasteiger partial charge on any atom is 0.270 e. The number of aromatic nitrogens is 1. The molecular formula is C19H23N3O. The maximum absolute atomic E-state index is 12.8. The molecule has 4 nitrogen and oxygen atoms in total. The highest BCUT2D eigenvalue weighted by atomic mass is 16.1. The van der Waals surface area contributed by atoms with Crippen LogP contribution in [-0.2, 0) is 0 Å². The van der Waals surface area contributed by atoms with Crippen LogP contribution >= 0.6 is 0 Å². The van der Waals surface area contributed by atoms with E-state index in [-0.39, 0.29) is 11.9 Å². The van der Waals surface area contributed by atoms with Crippen LogP contribution in [0.25, 0.3) is 10.8 Å². The number of hydrogen-bond acceptors (Lipinski definition) is 3. The van der Waals surface area contributed by atoms with Gasteiger partial charge in [0.05, 0.1) is 0 Å². The first kappa shape index (κ1) is 14.6. The summed E-state index contributed by atoms with van der Waals surface area (Å²) in [5.41, 5.74) is 1.66. The molecule has 1 amide bonds. The summed E-state index contributed by atoms with van der Waals surface area (Å²) >= 11 is 0. The molecule has 2 unspecified atom stereocenters. The average Bonchev–Trinajstić information content (AvgIpc) is 2.77. The Morgan fingerprint density at radius 3 is 2.52 bits per heavy atom. The van der Waals surface area contributed by atoms with Crippen LogP contribution in [0.1, 0.15) is 41.7 Å². The first-order valence-corrected chi connectivity index (χ1v) is 8.50. The Morgan fingerprint density at radius 2 is 1.83 bits per heavy atom. The molecule has 4 rings (SSSR count). The number of hydrogen-bond donors (Lipinski definition) is 1.